The Kier molecular flexibility index (Phi) is 5.40. The molecular weight excluding hydrogens is 457 g/mol. The number of hydrogen-bond donors (Lipinski definition) is 1. The van der Waals surface area contributed by atoms with Crippen molar-refractivity contribution in [3.63, 3.8) is 0 Å². The number of halogens is 3. The van der Waals surface area contributed by atoms with Gasteiger partial charge in [0.2, 0.25) is 5.91 Å². The molecule has 0 unspecified atom stereocenters. The minimum atomic E-state index is -4.65. The van der Waals surface area contributed by atoms with Crippen molar-refractivity contribution in [3.8, 4) is 11.4 Å². The minimum Gasteiger partial charge on any atom is -0.355 e. The molecule has 0 radical (unpaired) electrons. The van der Waals surface area contributed by atoms with Crippen molar-refractivity contribution in [1.29, 1.82) is 0 Å². The number of nitrogens with zero attached hydrogens (tertiary/aromatic N) is 7. The van der Waals surface area contributed by atoms with Gasteiger partial charge < -0.3 is 10.2 Å². The lowest BCUT2D eigenvalue weighted by atomic mass is 9.96. The van der Waals surface area contributed by atoms with Gasteiger partial charge in [0.15, 0.2) is 10.8 Å². The molecule has 13 heteroatoms. The first-order valence-corrected chi connectivity index (χ1v) is 11.0. The van der Waals surface area contributed by atoms with Crippen LogP contribution < -0.4 is 10.2 Å². The zero-order chi connectivity index (χ0) is 23.0. The number of anilines is 2. The molecular formula is C20H17F3N8OS. The van der Waals surface area contributed by atoms with Gasteiger partial charge in [-0.25, -0.2) is 4.98 Å². The fourth-order valence-corrected chi connectivity index (χ4v) is 4.37. The van der Waals surface area contributed by atoms with Gasteiger partial charge in [-0.15, -0.1) is 26.6 Å². The summed E-state index contributed by atoms with van der Waals surface area (Å²) in [6.07, 6.45) is -1.89. The molecule has 4 aromatic heterocycles. The molecule has 9 nitrogen and oxygen atoms in total. The summed E-state index contributed by atoms with van der Waals surface area (Å²) in [5.74, 6) is -1.14. The Hall–Kier alpha value is -3.61. The molecule has 0 aromatic carbocycles. The highest BCUT2D eigenvalue weighted by Gasteiger charge is 2.38. The molecule has 4 aromatic rings. The molecule has 0 spiro atoms. The van der Waals surface area contributed by atoms with Crippen molar-refractivity contribution < 1.29 is 18.0 Å². The molecule has 33 heavy (non-hydrogen) atoms. The van der Waals surface area contributed by atoms with E-state index in [1.165, 1.54) is 17.4 Å². The van der Waals surface area contributed by atoms with Gasteiger partial charge in [-0.1, -0.05) is 6.07 Å². The Labute approximate surface area is 189 Å². The highest BCUT2D eigenvalue weighted by atomic mass is 32.1. The van der Waals surface area contributed by atoms with E-state index in [9.17, 15) is 18.0 Å². The number of alkyl halides is 3. The summed E-state index contributed by atoms with van der Waals surface area (Å²) in [5, 5.41) is 16.0. The number of pyridine rings is 1. The third-order valence-corrected chi connectivity index (χ3v) is 6.11. The van der Waals surface area contributed by atoms with Crippen LogP contribution in [0.1, 0.15) is 18.7 Å². The monoisotopic (exact) mass is 474 g/mol. The number of carbonyl (C=O) groups is 1. The fourth-order valence-electron chi connectivity index (χ4n) is 3.67. The Morgan fingerprint density at radius 3 is 2.64 bits per heavy atom. The van der Waals surface area contributed by atoms with Crippen LogP contribution in [0, 0.1) is 5.92 Å². The van der Waals surface area contributed by atoms with Crippen LogP contribution in [-0.4, -0.2) is 48.8 Å². The molecule has 5 rings (SSSR count). The van der Waals surface area contributed by atoms with Gasteiger partial charge in [-0.05, 0) is 37.1 Å². The first-order valence-electron chi connectivity index (χ1n) is 10.1. The second-order valence-corrected chi connectivity index (χ2v) is 8.34. The summed E-state index contributed by atoms with van der Waals surface area (Å²) in [4.78, 5) is 23.2. The number of aromatic nitrogens is 6. The van der Waals surface area contributed by atoms with Crippen LogP contribution in [0.4, 0.5) is 24.1 Å². The van der Waals surface area contributed by atoms with E-state index in [1.807, 2.05) is 28.5 Å². The Bertz CT molecular complexity index is 1280. The number of fused-ring (bicyclic) bond motifs is 1. The molecule has 1 fully saturated rings. The molecule has 0 atom stereocenters. The molecule has 170 valence electrons. The third-order valence-electron chi connectivity index (χ3n) is 5.35. The normalized spacial score (nSPS) is 15.2. The van der Waals surface area contributed by atoms with Gasteiger partial charge in [0.05, 0.1) is 5.69 Å². The van der Waals surface area contributed by atoms with Crippen molar-refractivity contribution in [2.45, 2.75) is 19.0 Å². The standard InChI is InChI=1S/C20H17F3N8OS/c21-20(22,23)18-28-27-15-4-5-16(29-31(15)18)30-9-6-12(7-10-30)17(32)26-19-25-14(11-33-19)13-3-1-2-8-24-13/h1-5,8,11-12H,6-7,9-10H2,(H,25,26,32). The summed E-state index contributed by atoms with van der Waals surface area (Å²) in [6.45, 7) is 0.967. The number of piperidine rings is 1. The summed E-state index contributed by atoms with van der Waals surface area (Å²) in [7, 11) is 0. The van der Waals surface area contributed by atoms with E-state index in [-0.39, 0.29) is 17.5 Å². The first kappa shape index (κ1) is 21.2. The molecule has 0 saturated carbocycles. The fraction of sp³-hybridized carbons (Fsp3) is 0.300. The molecule has 1 aliphatic heterocycles. The van der Waals surface area contributed by atoms with Gasteiger partial charge in [0, 0.05) is 30.6 Å². The van der Waals surface area contributed by atoms with E-state index in [4.69, 9.17) is 0 Å². The number of amides is 1. The molecule has 1 N–H and O–H groups in total. The van der Waals surface area contributed by atoms with E-state index in [1.54, 1.807) is 12.3 Å². The Balaban J connectivity index is 1.22. The van der Waals surface area contributed by atoms with Crippen molar-refractivity contribution in [1.82, 2.24) is 29.8 Å². The first-order chi connectivity index (χ1) is 15.9. The maximum Gasteiger partial charge on any atom is 0.453 e. The maximum absolute atomic E-state index is 13.1. The quantitative estimate of drug-likeness (QED) is 0.483. The van der Waals surface area contributed by atoms with Gasteiger partial charge in [0.25, 0.3) is 5.82 Å². The number of carbonyl (C=O) groups excluding carboxylic acids is 1. The predicted octanol–water partition coefficient (Wildman–Crippen LogP) is 3.52. The summed E-state index contributed by atoms with van der Waals surface area (Å²) in [5.41, 5.74) is 1.45. The van der Waals surface area contributed by atoms with E-state index < -0.39 is 12.0 Å². The van der Waals surface area contributed by atoms with Crippen LogP contribution in [0.25, 0.3) is 17.0 Å². The topological polar surface area (TPSA) is 101 Å². The second kappa shape index (κ2) is 8.39. The van der Waals surface area contributed by atoms with Gasteiger partial charge in [-0.2, -0.15) is 17.7 Å². The highest BCUT2D eigenvalue weighted by molar-refractivity contribution is 7.14. The van der Waals surface area contributed by atoms with E-state index in [0.717, 1.165) is 5.69 Å². The zero-order valence-corrected chi connectivity index (χ0v) is 17.8. The molecule has 1 amide bonds. The lowest BCUT2D eigenvalue weighted by Gasteiger charge is -2.31. The van der Waals surface area contributed by atoms with E-state index in [0.29, 0.717) is 47.1 Å². The highest BCUT2D eigenvalue weighted by Crippen LogP contribution is 2.29. The van der Waals surface area contributed by atoms with Gasteiger partial charge in [0.1, 0.15) is 11.5 Å². The van der Waals surface area contributed by atoms with Crippen LogP contribution in [0.15, 0.2) is 41.9 Å². The average Bonchev–Trinajstić information content (AvgIpc) is 3.46. The van der Waals surface area contributed by atoms with Crippen LogP contribution >= 0.6 is 11.3 Å². The Morgan fingerprint density at radius 1 is 1.09 bits per heavy atom. The summed E-state index contributed by atoms with van der Waals surface area (Å²) >= 11 is 1.33. The van der Waals surface area contributed by atoms with Crippen LogP contribution in [0.2, 0.25) is 0 Å². The second-order valence-electron chi connectivity index (χ2n) is 7.49. The lowest BCUT2D eigenvalue weighted by Crippen LogP contribution is -2.38. The summed E-state index contributed by atoms with van der Waals surface area (Å²) < 4.78 is 40.0. The smallest absolute Gasteiger partial charge is 0.355 e. The van der Waals surface area contributed by atoms with E-state index in [2.05, 4.69) is 30.6 Å². The van der Waals surface area contributed by atoms with E-state index >= 15 is 0 Å². The number of nitrogens with one attached hydrogen (secondary N) is 1. The molecule has 1 aliphatic rings. The van der Waals surface area contributed by atoms with Crippen molar-refractivity contribution >= 4 is 33.8 Å². The van der Waals surface area contributed by atoms with Crippen molar-refractivity contribution in [2.75, 3.05) is 23.3 Å². The SMILES string of the molecule is O=C(Nc1nc(-c2ccccn2)cs1)C1CCN(c2ccc3nnc(C(F)(F)F)n3n2)CC1. The predicted molar refractivity (Wildman–Crippen MR) is 115 cm³/mol. The minimum absolute atomic E-state index is 0.0221. The van der Waals surface area contributed by atoms with Gasteiger partial charge in [-0.3, -0.25) is 9.78 Å². The Morgan fingerprint density at radius 2 is 1.91 bits per heavy atom. The van der Waals surface area contributed by atoms with Gasteiger partial charge >= 0.3 is 6.18 Å². The molecule has 0 bridgehead atoms. The number of rotatable bonds is 4. The molecule has 0 aliphatic carbocycles. The van der Waals surface area contributed by atoms with Crippen LogP contribution in [-0.2, 0) is 11.0 Å². The zero-order valence-electron chi connectivity index (χ0n) is 17.0. The van der Waals surface area contributed by atoms with Crippen LogP contribution in [0.3, 0.4) is 0 Å². The largest absolute Gasteiger partial charge is 0.453 e. The number of thiazole rings is 1. The number of hydrogen-bond acceptors (Lipinski definition) is 8. The lowest BCUT2D eigenvalue weighted by molar-refractivity contribution is -0.146. The molecule has 1 saturated heterocycles. The van der Waals surface area contributed by atoms with Crippen molar-refractivity contribution in [3.05, 3.63) is 47.7 Å². The van der Waals surface area contributed by atoms with Crippen LogP contribution in [0.5, 0.6) is 0 Å². The van der Waals surface area contributed by atoms with Crippen molar-refractivity contribution in [2.24, 2.45) is 5.92 Å². The molecule has 5 heterocycles. The average molecular weight is 474 g/mol. The maximum atomic E-state index is 13.1. The third kappa shape index (κ3) is 4.35. The summed E-state index contributed by atoms with van der Waals surface area (Å²) in [6, 6.07) is 8.59.